The lowest BCUT2D eigenvalue weighted by Gasteiger charge is -2.33. The van der Waals surface area contributed by atoms with Crippen molar-refractivity contribution in [2.24, 2.45) is 0 Å². The number of anilines is 1. The normalized spacial score (nSPS) is 21.9. The molecular formula is C13H13F3N2O2S. The molecule has 1 aliphatic heterocycles. The highest BCUT2D eigenvalue weighted by atomic mass is 32.2. The van der Waals surface area contributed by atoms with Gasteiger partial charge in [-0.2, -0.15) is 18.4 Å². The number of nitriles is 1. The Morgan fingerprint density at radius 3 is 2.57 bits per heavy atom. The predicted octanol–water partition coefficient (Wildman–Crippen LogP) is 2.20. The van der Waals surface area contributed by atoms with E-state index in [1.807, 2.05) is 0 Å². The molecule has 21 heavy (non-hydrogen) atoms. The molecule has 1 fully saturated rings. The van der Waals surface area contributed by atoms with Crippen LogP contribution < -0.4 is 4.90 Å². The Kier molecular flexibility index (Phi) is 3.89. The van der Waals surface area contributed by atoms with Crippen molar-refractivity contribution >= 4 is 15.5 Å². The Hall–Kier alpha value is -1.75. The molecule has 1 atom stereocenters. The Bertz CT molecular complexity index is 692. The number of nitrogens with zero attached hydrogens (tertiary/aromatic N) is 2. The van der Waals surface area contributed by atoms with Crippen LogP contribution in [0.25, 0.3) is 0 Å². The SMILES string of the molecule is C[C@@H]1CN(c2ccc(C(F)(F)F)cc2C#N)CCS1(=O)=O. The topological polar surface area (TPSA) is 61.2 Å². The third kappa shape index (κ3) is 3.13. The van der Waals surface area contributed by atoms with E-state index in [2.05, 4.69) is 0 Å². The van der Waals surface area contributed by atoms with Gasteiger partial charge in [0.15, 0.2) is 9.84 Å². The number of sulfone groups is 1. The highest BCUT2D eigenvalue weighted by Gasteiger charge is 2.33. The monoisotopic (exact) mass is 318 g/mol. The predicted molar refractivity (Wildman–Crippen MR) is 71.6 cm³/mol. The van der Waals surface area contributed by atoms with Gasteiger partial charge in [0.1, 0.15) is 6.07 Å². The number of benzene rings is 1. The molecule has 4 nitrogen and oxygen atoms in total. The van der Waals surface area contributed by atoms with E-state index in [9.17, 15) is 21.6 Å². The van der Waals surface area contributed by atoms with Gasteiger partial charge in [0.25, 0.3) is 0 Å². The molecule has 0 unspecified atom stereocenters. The summed E-state index contributed by atoms with van der Waals surface area (Å²) >= 11 is 0. The van der Waals surface area contributed by atoms with Gasteiger partial charge in [-0.1, -0.05) is 0 Å². The number of hydrogen-bond acceptors (Lipinski definition) is 4. The van der Waals surface area contributed by atoms with Crippen LogP contribution in [0, 0.1) is 11.3 Å². The summed E-state index contributed by atoms with van der Waals surface area (Å²) in [5, 5.41) is 8.43. The van der Waals surface area contributed by atoms with Gasteiger partial charge in [0, 0.05) is 13.1 Å². The fraction of sp³-hybridized carbons (Fsp3) is 0.462. The molecular weight excluding hydrogens is 305 g/mol. The third-order valence-electron chi connectivity index (χ3n) is 3.52. The van der Waals surface area contributed by atoms with Crippen molar-refractivity contribution in [1.29, 1.82) is 5.26 Å². The van der Waals surface area contributed by atoms with Crippen molar-refractivity contribution in [2.45, 2.75) is 18.3 Å². The van der Waals surface area contributed by atoms with Crippen LogP contribution in [0.3, 0.4) is 0 Å². The smallest absolute Gasteiger partial charge is 0.368 e. The van der Waals surface area contributed by atoms with Crippen LogP contribution in [0.15, 0.2) is 18.2 Å². The molecule has 0 radical (unpaired) electrons. The van der Waals surface area contributed by atoms with E-state index in [4.69, 9.17) is 5.26 Å². The van der Waals surface area contributed by atoms with Crippen LogP contribution in [0.2, 0.25) is 0 Å². The van der Waals surface area contributed by atoms with Crippen LogP contribution in [-0.2, 0) is 16.0 Å². The molecule has 2 rings (SSSR count). The molecule has 0 bridgehead atoms. The van der Waals surface area contributed by atoms with Gasteiger partial charge in [-0.3, -0.25) is 0 Å². The molecule has 1 heterocycles. The summed E-state index contributed by atoms with van der Waals surface area (Å²) in [4.78, 5) is 1.64. The average Bonchev–Trinajstić information content (AvgIpc) is 2.40. The maximum Gasteiger partial charge on any atom is 0.416 e. The standard InChI is InChI=1S/C13H13F3N2O2S/c1-9-8-18(4-5-21(9,19)20)12-3-2-11(13(14,15)16)6-10(12)7-17/h2-3,6,9H,4-5,8H2,1H3/t9-/m1/s1. The van der Waals surface area contributed by atoms with E-state index < -0.39 is 26.8 Å². The Balaban J connectivity index is 2.36. The molecule has 0 saturated carbocycles. The molecule has 1 saturated heterocycles. The molecule has 0 aromatic heterocycles. The largest absolute Gasteiger partial charge is 0.416 e. The van der Waals surface area contributed by atoms with Crippen molar-refractivity contribution in [3.63, 3.8) is 0 Å². The maximum absolute atomic E-state index is 12.6. The minimum Gasteiger partial charge on any atom is -0.368 e. The summed E-state index contributed by atoms with van der Waals surface area (Å²) in [6.45, 7) is 1.90. The lowest BCUT2D eigenvalue weighted by atomic mass is 10.1. The van der Waals surface area contributed by atoms with Crippen LogP contribution >= 0.6 is 0 Å². The van der Waals surface area contributed by atoms with Crippen molar-refractivity contribution < 1.29 is 21.6 Å². The summed E-state index contributed by atoms with van der Waals surface area (Å²) < 4.78 is 61.2. The lowest BCUT2D eigenvalue weighted by molar-refractivity contribution is -0.137. The zero-order chi connectivity index (χ0) is 15.8. The second kappa shape index (κ2) is 5.22. The first-order valence-electron chi connectivity index (χ1n) is 6.23. The zero-order valence-corrected chi connectivity index (χ0v) is 12.0. The Morgan fingerprint density at radius 2 is 2.05 bits per heavy atom. The van der Waals surface area contributed by atoms with E-state index in [1.54, 1.807) is 17.9 Å². The molecule has 0 aliphatic carbocycles. The molecule has 1 aliphatic rings. The van der Waals surface area contributed by atoms with Crippen molar-refractivity contribution in [3.05, 3.63) is 29.3 Å². The van der Waals surface area contributed by atoms with E-state index in [1.165, 1.54) is 6.07 Å². The maximum atomic E-state index is 12.6. The van der Waals surface area contributed by atoms with Gasteiger partial charge in [-0.25, -0.2) is 8.42 Å². The molecule has 8 heteroatoms. The molecule has 0 N–H and O–H groups in total. The molecule has 1 aromatic carbocycles. The van der Waals surface area contributed by atoms with Gasteiger partial charge >= 0.3 is 6.18 Å². The average molecular weight is 318 g/mol. The van der Waals surface area contributed by atoms with Crippen LogP contribution in [0.1, 0.15) is 18.1 Å². The van der Waals surface area contributed by atoms with Crippen molar-refractivity contribution in [1.82, 2.24) is 0 Å². The summed E-state index contributed by atoms with van der Waals surface area (Å²) in [6, 6.07) is 4.68. The number of rotatable bonds is 1. The highest BCUT2D eigenvalue weighted by molar-refractivity contribution is 7.92. The summed E-state index contributed by atoms with van der Waals surface area (Å²) in [6.07, 6.45) is -4.51. The van der Waals surface area contributed by atoms with Gasteiger partial charge in [0.05, 0.1) is 27.8 Å². The molecule has 0 spiro atoms. The minimum atomic E-state index is -4.51. The molecule has 0 amide bonds. The molecule has 114 valence electrons. The minimum absolute atomic E-state index is 0.0694. The van der Waals surface area contributed by atoms with E-state index in [0.717, 1.165) is 12.1 Å². The van der Waals surface area contributed by atoms with E-state index >= 15 is 0 Å². The highest BCUT2D eigenvalue weighted by Crippen LogP contribution is 2.33. The van der Waals surface area contributed by atoms with Crippen molar-refractivity contribution in [2.75, 3.05) is 23.7 Å². The van der Waals surface area contributed by atoms with Crippen LogP contribution in [0.4, 0.5) is 18.9 Å². The van der Waals surface area contributed by atoms with E-state index in [-0.39, 0.29) is 24.4 Å². The van der Waals surface area contributed by atoms with Crippen LogP contribution in [0.5, 0.6) is 0 Å². The fourth-order valence-corrected chi connectivity index (χ4v) is 3.53. The molecule has 1 aromatic rings. The first-order chi connectivity index (χ1) is 9.65. The summed E-state index contributed by atoms with van der Waals surface area (Å²) in [5.41, 5.74) is -0.649. The number of alkyl halides is 3. The second-order valence-electron chi connectivity index (χ2n) is 4.97. The van der Waals surface area contributed by atoms with Gasteiger partial charge in [-0.15, -0.1) is 0 Å². The third-order valence-corrected chi connectivity index (χ3v) is 5.65. The van der Waals surface area contributed by atoms with Crippen molar-refractivity contribution in [3.8, 4) is 6.07 Å². The van der Waals surface area contributed by atoms with Gasteiger partial charge < -0.3 is 4.90 Å². The van der Waals surface area contributed by atoms with Gasteiger partial charge in [-0.05, 0) is 25.1 Å². The number of halogens is 3. The first-order valence-corrected chi connectivity index (χ1v) is 7.94. The quantitative estimate of drug-likeness (QED) is 0.796. The summed E-state index contributed by atoms with van der Waals surface area (Å²) in [5.74, 6) is -0.0694. The number of hydrogen-bond donors (Lipinski definition) is 0. The Labute approximate surface area is 120 Å². The van der Waals surface area contributed by atoms with Gasteiger partial charge in [0.2, 0.25) is 0 Å². The Morgan fingerprint density at radius 1 is 1.38 bits per heavy atom. The first kappa shape index (κ1) is 15.6. The van der Waals surface area contributed by atoms with E-state index in [0.29, 0.717) is 5.69 Å². The lowest BCUT2D eigenvalue weighted by Crippen LogP contribution is -2.45. The fourth-order valence-electron chi connectivity index (χ4n) is 2.25. The summed E-state index contributed by atoms with van der Waals surface area (Å²) in [7, 11) is -3.16. The van der Waals surface area contributed by atoms with Crippen LogP contribution in [-0.4, -0.2) is 32.5 Å². The second-order valence-corrected chi connectivity index (χ2v) is 7.50. The zero-order valence-electron chi connectivity index (χ0n) is 11.2.